The first-order valence-corrected chi connectivity index (χ1v) is 8.66. The minimum absolute atomic E-state index is 0.0169. The number of aliphatic imine (C=N–C) groups is 1. The molecule has 0 amide bonds. The number of benzene rings is 1. The standard InChI is InChI=1S/C18H21N3O7/c1-4-27-8-9-28-18(22)15-11(2)19-12(3)17(21(25)26)16(15)13-6-5-7-14(10-13)20(23)24/h5-7,10,16-17H,4,8-9H2,1-3H3. The molecular formula is C18H21N3O7. The molecule has 10 nitrogen and oxygen atoms in total. The fourth-order valence-electron chi connectivity index (χ4n) is 3.16. The molecule has 1 aliphatic rings. The molecule has 2 atom stereocenters. The Kier molecular flexibility index (Phi) is 6.94. The molecule has 0 N–H and O–H groups in total. The number of hydrogen-bond acceptors (Lipinski definition) is 8. The predicted molar refractivity (Wildman–Crippen MR) is 99.9 cm³/mol. The van der Waals surface area contributed by atoms with Gasteiger partial charge in [-0.2, -0.15) is 0 Å². The summed E-state index contributed by atoms with van der Waals surface area (Å²) in [5.41, 5.74) is 0.574. The SMILES string of the molecule is CCOCCOC(=O)C1=C(C)N=C(C)C([N+](=O)[O-])C1c1cccc([N+](=O)[O-])c1. The topological polar surface area (TPSA) is 134 Å². The summed E-state index contributed by atoms with van der Waals surface area (Å²) in [6.45, 7) is 5.49. The van der Waals surface area contributed by atoms with E-state index in [4.69, 9.17) is 9.47 Å². The first kappa shape index (κ1) is 21.2. The predicted octanol–water partition coefficient (Wildman–Crippen LogP) is 2.65. The highest BCUT2D eigenvalue weighted by Crippen LogP contribution is 2.38. The number of nitrogens with zero attached hydrogens (tertiary/aromatic N) is 3. The Morgan fingerprint density at radius 2 is 1.93 bits per heavy atom. The average molecular weight is 391 g/mol. The number of carbonyl (C=O) groups is 1. The molecular weight excluding hydrogens is 370 g/mol. The van der Waals surface area contributed by atoms with E-state index in [2.05, 4.69) is 4.99 Å². The fourth-order valence-corrected chi connectivity index (χ4v) is 3.16. The van der Waals surface area contributed by atoms with Gasteiger partial charge in [-0.1, -0.05) is 12.1 Å². The van der Waals surface area contributed by atoms with E-state index >= 15 is 0 Å². The highest BCUT2D eigenvalue weighted by atomic mass is 16.6. The van der Waals surface area contributed by atoms with Gasteiger partial charge in [0, 0.05) is 29.4 Å². The number of carbonyl (C=O) groups excluding carboxylic acids is 1. The van der Waals surface area contributed by atoms with Gasteiger partial charge in [0.1, 0.15) is 6.61 Å². The van der Waals surface area contributed by atoms with E-state index in [0.717, 1.165) is 0 Å². The zero-order valence-corrected chi connectivity index (χ0v) is 15.8. The van der Waals surface area contributed by atoms with Crippen molar-refractivity contribution in [3.8, 4) is 0 Å². The summed E-state index contributed by atoms with van der Waals surface area (Å²) in [5, 5.41) is 22.9. The van der Waals surface area contributed by atoms with E-state index in [1.807, 2.05) is 0 Å². The van der Waals surface area contributed by atoms with Crippen LogP contribution in [-0.2, 0) is 14.3 Å². The molecule has 0 aliphatic carbocycles. The first-order chi connectivity index (χ1) is 13.3. The third-order valence-electron chi connectivity index (χ3n) is 4.34. The fraction of sp³-hybridized carbons (Fsp3) is 0.444. The maximum Gasteiger partial charge on any atom is 0.336 e. The zero-order valence-electron chi connectivity index (χ0n) is 15.8. The number of non-ortho nitro benzene ring substituents is 1. The van der Waals surface area contributed by atoms with Crippen LogP contribution < -0.4 is 0 Å². The number of hydrogen-bond donors (Lipinski definition) is 0. The van der Waals surface area contributed by atoms with Crippen LogP contribution in [0.2, 0.25) is 0 Å². The van der Waals surface area contributed by atoms with Gasteiger partial charge in [-0.15, -0.1) is 0 Å². The van der Waals surface area contributed by atoms with Crippen LogP contribution >= 0.6 is 0 Å². The Labute approximate surface area is 161 Å². The van der Waals surface area contributed by atoms with Crippen LogP contribution in [0.4, 0.5) is 5.69 Å². The largest absolute Gasteiger partial charge is 0.460 e. The molecule has 2 rings (SSSR count). The molecule has 0 radical (unpaired) electrons. The minimum Gasteiger partial charge on any atom is -0.460 e. The van der Waals surface area contributed by atoms with Crippen LogP contribution in [0.5, 0.6) is 0 Å². The van der Waals surface area contributed by atoms with E-state index < -0.39 is 27.8 Å². The van der Waals surface area contributed by atoms with Crippen molar-refractivity contribution in [1.82, 2.24) is 0 Å². The number of nitro groups is 2. The van der Waals surface area contributed by atoms with E-state index in [9.17, 15) is 25.0 Å². The van der Waals surface area contributed by atoms with Gasteiger partial charge in [0.2, 0.25) is 0 Å². The van der Waals surface area contributed by atoms with Crippen molar-refractivity contribution < 1.29 is 24.1 Å². The molecule has 0 saturated heterocycles. The molecule has 1 aromatic carbocycles. The lowest BCUT2D eigenvalue weighted by molar-refractivity contribution is -0.505. The summed E-state index contributed by atoms with van der Waals surface area (Å²) in [6, 6.07) is 4.14. The number of ether oxygens (including phenoxy) is 2. The summed E-state index contributed by atoms with van der Waals surface area (Å²) >= 11 is 0. The summed E-state index contributed by atoms with van der Waals surface area (Å²) in [7, 11) is 0. The maximum atomic E-state index is 12.7. The Morgan fingerprint density at radius 1 is 1.21 bits per heavy atom. The highest BCUT2D eigenvalue weighted by Gasteiger charge is 2.45. The van der Waals surface area contributed by atoms with Crippen molar-refractivity contribution in [3.05, 3.63) is 61.3 Å². The van der Waals surface area contributed by atoms with Crippen molar-refractivity contribution in [2.24, 2.45) is 4.99 Å². The van der Waals surface area contributed by atoms with Gasteiger partial charge in [0.05, 0.1) is 28.7 Å². The summed E-state index contributed by atoms with van der Waals surface area (Å²) in [4.78, 5) is 38.6. The van der Waals surface area contributed by atoms with E-state index in [1.165, 1.54) is 31.2 Å². The van der Waals surface area contributed by atoms with Gasteiger partial charge in [0.25, 0.3) is 11.7 Å². The third kappa shape index (κ3) is 4.58. The lowest BCUT2D eigenvalue weighted by atomic mass is 9.80. The molecule has 1 aliphatic heterocycles. The molecule has 150 valence electrons. The zero-order chi connectivity index (χ0) is 20.8. The quantitative estimate of drug-likeness (QED) is 0.288. The number of esters is 1. The molecule has 0 bridgehead atoms. The van der Waals surface area contributed by atoms with Gasteiger partial charge >= 0.3 is 5.97 Å². The van der Waals surface area contributed by atoms with Crippen molar-refractivity contribution >= 4 is 17.4 Å². The average Bonchev–Trinajstić information content (AvgIpc) is 2.64. The second kappa shape index (κ2) is 9.18. The molecule has 0 aromatic heterocycles. The highest BCUT2D eigenvalue weighted by molar-refractivity contribution is 5.98. The van der Waals surface area contributed by atoms with E-state index in [0.29, 0.717) is 6.61 Å². The maximum absolute atomic E-state index is 12.7. The Bertz CT molecular complexity index is 847. The van der Waals surface area contributed by atoms with Crippen LogP contribution in [0.15, 0.2) is 40.5 Å². The smallest absolute Gasteiger partial charge is 0.336 e. The van der Waals surface area contributed by atoms with Crippen LogP contribution in [0, 0.1) is 20.2 Å². The van der Waals surface area contributed by atoms with Gasteiger partial charge in [-0.3, -0.25) is 25.2 Å². The molecule has 28 heavy (non-hydrogen) atoms. The Morgan fingerprint density at radius 3 is 2.54 bits per heavy atom. The molecule has 1 heterocycles. The lowest BCUT2D eigenvalue weighted by Crippen LogP contribution is -2.40. The number of nitro benzene ring substituents is 1. The molecule has 0 saturated carbocycles. The van der Waals surface area contributed by atoms with Crippen molar-refractivity contribution in [1.29, 1.82) is 0 Å². The molecule has 2 unspecified atom stereocenters. The lowest BCUT2D eigenvalue weighted by Gasteiger charge is -2.27. The van der Waals surface area contributed by atoms with Gasteiger partial charge in [-0.25, -0.2) is 4.79 Å². The monoisotopic (exact) mass is 391 g/mol. The van der Waals surface area contributed by atoms with E-state index in [1.54, 1.807) is 13.8 Å². The minimum atomic E-state index is -1.33. The van der Waals surface area contributed by atoms with E-state index in [-0.39, 0.29) is 41.4 Å². The third-order valence-corrected chi connectivity index (χ3v) is 4.34. The first-order valence-electron chi connectivity index (χ1n) is 8.66. The normalized spacial score (nSPS) is 19.2. The Hall–Kier alpha value is -3.14. The van der Waals surface area contributed by atoms with Crippen LogP contribution in [0.1, 0.15) is 32.3 Å². The molecule has 0 fully saturated rings. The Balaban J connectivity index is 2.50. The second-order valence-electron chi connectivity index (χ2n) is 6.15. The van der Waals surface area contributed by atoms with Gasteiger partial charge in [-0.05, 0) is 26.3 Å². The molecule has 10 heteroatoms. The summed E-state index contributed by atoms with van der Waals surface area (Å²) in [5.74, 6) is -1.80. The summed E-state index contributed by atoms with van der Waals surface area (Å²) in [6.07, 6.45) is 0. The summed E-state index contributed by atoms with van der Waals surface area (Å²) < 4.78 is 10.3. The number of allylic oxidation sites excluding steroid dienone is 1. The number of rotatable bonds is 8. The van der Waals surface area contributed by atoms with Gasteiger partial charge < -0.3 is 9.47 Å². The van der Waals surface area contributed by atoms with Crippen molar-refractivity contribution in [3.63, 3.8) is 0 Å². The van der Waals surface area contributed by atoms with Crippen LogP contribution in [-0.4, -0.2) is 47.4 Å². The van der Waals surface area contributed by atoms with Gasteiger partial charge in [0.15, 0.2) is 0 Å². The molecule has 0 spiro atoms. The molecule has 1 aromatic rings. The van der Waals surface area contributed by atoms with Crippen molar-refractivity contribution in [2.45, 2.75) is 32.7 Å². The second-order valence-corrected chi connectivity index (χ2v) is 6.15. The van der Waals surface area contributed by atoms with Crippen LogP contribution in [0.3, 0.4) is 0 Å². The van der Waals surface area contributed by atoms with Crippen molar-refractivity contribution in [2.75, 3.05) is 19.8 Å². The van der Waals surface area contributed by atoms with Crippen LogP contribution in [0.25, 0.3) is 0 Å².